The number of hydrogen-bond acceptors (Lipinski definition) is 6. The predicted octanol–water partition coefficient (Wildman–Crippen LogP) is 2.22. The van der Waals surface area contributed by atoms with E-state index >= 15 is 0 Å². The van der Waals surface area contributed by atoms with Crippen LogP contribution in [0.2, 0.25) is 0 Å². The zero-order chi connectivity index (χ0) is 20.9. The Morgan fingerprint density at radius 3 is 2.50 bits per heavy atom. The SMILES string of the molecule is COc1cc(C#N)ccc1O[C@@H](C)C(=O)Nc1cccc(S(=O)(=O)N(C)C)c1. The second kappa shape index (κ2) is 8.73. The van der Waals surface area contributed by atoms with Crippen molar-refractivity contribution >= 4 is 21.6 Å². The molecule has 0 aliphatic rings. The van der Waals surface area contributed by atoms with E-state index in [9.17, 15) is 13.2 Å². The smallest absolute Gasteiger partial charge is 0.265 e. The number of nitrogens with one attached hydrogen (secondary N) is 1. The molecule has 0 saturated carbocycles. The molecule has 0 heterocycles. The fraction of sp³-hybridized carbons (Fsp3) is 0.263. The number of amides is 1. The molecular weight excluding hydrogens is 382 g/mol. The fourth-order valence-corrected chi connectivity index (χ4v) is 3.22. The van der Waals surface area contributed by atoms with E-state index in [0.29, 0.717) is 22.7 Å². The molecule has 0 saturated heterocycles. The number of hydrogen-bond donors (Lipinski definition) is 1. The lowest BCUT2D eigenvalue weighted by Crippen LogP contribution is -2.30. The summed E-state index contributed by atoms with van der Waals surface area (Å²) < 4.78 is 36.3. The van der Waals surface area contributed by atoms with E-state index in [2.05, 4.69) is 5.32 Å². The predicted molar refractivity (Wildman–Crippen MR) is 104 cm³/mol. The van der Waals surface area contributed by atoms with Crippen LogP contribution in [0.15, 0.2) is 47.4 Å². The van der Waals surface area contributed by atoms with E-state index < -0.39 is 22.0 Å². The molecule has 0 fully saturated rings. The molecule has 0 spiro atoms. The highest BCUT2D eigenvalue weighted by molar-refractivity contribution is 7.89. The highest BCUT2D eigenvalue weighted by Gasteiger charge is 2.20. The van der Waals surface area contributed by atoms with E-state index in [4.69, 9.17) is 14.7 Å². The quantitative estimate of drug-likeness (QED) is 0.759. The highest BCUT2D eigenvalue weighted by atomic mass is 32.2. The lowest BCUT2D eigenvalue weighted by molar-refractivity contribution is -0.122. The number of nitriles is 1. The minimum atomic E-state index is -3.61. The summed E-state index contributed by atoms with van der Waals surface area (Å²) in [6.07, 6.45) is -0.893. The van der Waals surface area contributed by atoms with Gasteiger partial charge in [0, 0.05) is 25.8 Å². The van der Waals surface area contributed by atoms with Crippen LogP contribution in [0.1, 0.15) is 12.5 Å². The molecular formula is C19H21N3O5S. The average Bonchev–Trinajstić information content (AvgIpc) is 2.68. The van der Waals surface area contributed by atoms with Crippen LogP contribution in [0.5, 0.6) is 11.5 Å². The lowest BCUT2D eigenvalue weighted by atomic mass is 10.2. The molecule has 2 rings (SSSR count). The van der Waals surface area contributed by atoms with Crippen LogP contribution in [-0.2, 0) is 14.8 Å². The summed E-state index contributed by atoms with van der Waals surface area (Å²) in [4.78, 5) is 12.5. The van der Waals surface area contributed by atoms with Crippen LogP contribution in [0.25, 0.3) is 0 Å². The molecule has 1 amide bonds. The maximum atomic E-state index is 12.4. The van der Waals surface area contributed by atoms with Gasteiger partial charge in [0.2, 0.25) is 10.0 Å². The zero-order valence-electron chi connectivity index (χ0n) is 16.0. The number of rotatable bonds is 7. The Balaban J connectivity index is 2.15. The van der Waals surface area contributed by atoms with Crippen LogP contribution >= 0.6 is 0 Å². The van der Waals surface area contributed by atoms with Crippen molar-refractivity contribution in [2.45, 2.75) is 17.9 Å². The van der Waals surface area contributed by atoms with Crippen LogP contribution in [0.4, 0.5) is 5.69 Å². The fourth-order valence-electron chi connectivity index (χ4n) is 2.27. The first-order valence-corrected chi connectivity index (χ1v) is 9.71. The monoisotopic (exact) mass is 403 g/mol. The molecule has 0 aliphatic heterocycles. The minimum absolute atomic E-state index is 0.0673. The maximum absolute atomic E-state index is 12.4. The third-order valence-corrected chi connectivity index (χ3v) is 5.66. The van der Waals surface area contributed by atoms with Gasteiger partial charge in [0.05, 0.1) is 23.6 Å². The molecule has 2 aromatic carbocycles. The van der Waals surface area contributed by atoms with Gasteiger partial charge in [-0.1, -0.05) is 6.07 Å². The van der Waals surface area contributed by atoms with Gasteiger partial charge in [-0.15, -0.1) is 0 Å². The molecule has 1 atom stereocenters. The summed E-state index contributed by atoms with van der Waals surface area (Å²) in [5, 5.41) is 11.6. The number of anilines is 1. The molecule has 0 aromatic heterocycles. The number of methoxy groups -OCH3 is 1. The molecule has 9 heteroatoms. The Kier molecular flexibility index (Phi) is 6.62. The Labute approximate surface area is 164 Å². The second-order valence-electron chi connectivity index (χ2n) is 6.04. The number of ether oxygens (including phenoxy) is 2. The summed E-state index contributed by atoms with van der Waals surface area (Å²) in [5.74, 6) is 0.177. The molecule has 28 heavy (non-hydrogen) atoms. The molecule has 148 valence electrons. The van der Waals surface area contributed by atoms with Crippen LogP contribution in [0, 0.1) is 11.3 Å². The van der Waals surface area contributed by atoms with Crippen molar-refractivity contribution in [1.82, 2.24) is 4.31 Å². The first kappa shape index (κ1) is 21.2. The van der Waals surface area contributed by atoms with Crippen molar-refractivity contribution in [2.24, 2.45) is 0 Å². The Bertz CT molecular complexity index is 1010. The van der Waals surface area contributed by atoms with E-state index in [1.165, 1.54) is 39.4 Å². The van der Waals surface area contributed by atoms with Gasteiger partial charge >= 0.3 is 0 Å². The molecule has 0 aliphatic carbocycles. The van der Waals surface area contributed by atoms with Gasteiger partial charge in [0.1, 0.15) is 0 Å². The first-order chi connectivity index (χ1) is 13.2. The second-order valence-corrected chi connectivity index (χ2v) is 8.19. The number of carbonyl (C=O) groups is 1. The standard InChI is InChI=1S/C19H21N3O5S/c1-13(27-17-9-8-14(12-20)10-18(17)26-4)19(23)21-15-6-5-7-16(11-15)28(24,25)22(2)3/h5-11,13H,1-4H3,(H,21,23)/t13-/m0/s1. The van der Waals surface area contributed by atoms with Crippen LogP contribution < -0.4 is 14.8 Å². The minimum Gasteiger partial charge on any atom is -0.493 e. The molecule has 0 radical (unpaired) electrons. The van der Waals surface area contributed by atoms with Gasteiger partial charge in [-0.05, 0) is 37.3 Å². The summed E-state index contributed by atoms with van der Waals surface area (Å²) in [7, 11) is 0.688. The van der Waals surface area contributed by atoms with Crippen molar-refractivity contribution in [2.75, 3.05) is 26.5 Å². The largest absolute Gasteiger partial charge is 0.493 e. The number of sulfonamides is 1. The van der Waals surface area contributed by atoms with Crippen molar-refractivity contribution in [3.05, 3.63) is 48.0 Å². The topological polar surface area (TPSA) is 109 Å². The highest BCUT2D eigenvalue weighted by Crippen LogP contribution is 2.29. The first-order valence-electron chi connectivity index (χ1n) is 8.27. The summed E-state index contributed by atoms with van der Waals surface area (Å²) in [5.41, 5.74) is 0.732. The molecule has 0 bridgehead atoms. The summed E-state index contributed by atoms with van der Waals surface area (Å²) >= 11 is 0. The third-order valence-electron chi connectivity index (χ3n) is 3.85. The number of benzene rings is 2. The summed E-state index contributed by atoms with van der Waals surface area (Å²) in [6, 6.07) is 12.6. The number of nitrogens with zero attached hydrogens (tertiary/aromatic N) is 2. The van der Waals surface area contributed by atoms with Crippen molar-refractivity contribution in [3.8, 4) is 17.6 Å². The number of carbonyl (C=O) groups excluding carboxylic acids is 1. The Hall–Kier alpha value is -3.09. The third kappa shape index (κ3) is 4.79. The van der Waals surface area contributed by atoms with Gasteiger partial charge in [-0.2, -0.15) is 5.26 Å². The summed E-state index contributed by atoms with van der Waals surface area (Å²) in [6.45, 7) is 1.55. The Morgan fingerprint density at radius 1 is 1.18 bits per heavy atom. The Morgan fingerprint density at radius 2 is 1.89 bits per heavy atom. The van der Waals surface area contributed by atoms with E-state index in [0.717, 1.165) is 4.31 Å². The van der Waals surface area contributed by atoms with Crippen LogP contribution in [0.3, 0.4) is 0 Å². The van der Waals surface area contributed by atoms with Gasteiger partial charge in [-0.25, -0.2) is 12.7 Å². The zero-order valence-corrected chi connectivity index (χ0v) is 16.8. The van der Waals surface area contributed by atoms with Crippen LogP contribution in [-0.4, -0.2) is 45.9 Å². The van der Waals surface area contributed by atoms with Crippen molar-refractivity contribution < 1.29 is 22.7 Å². The van der Waals surface area contributed by atoms with Gasteiger partial charge in [-0.3, -0.25) is 4.79 Å². The molecule has 8 nitrogen and oxygen atoms in total. The normalized spacial score (nSPS) is 12.1. The van der Waals surface area contributed by atoms with E-state index in [-0.39, 0.29) is 4.90 Å². The van der Waals surface area contributed by atoms with Gasteiger partial charge < -0.3 is 14.8 Å². The molecule has 0 unspecified atom stereocenters. The van der Waals surface area contributed by atoms with Crippen molar-refractivity contribution in [3.63, 3.8) is 0 Å². The van der Waals surface area contributed by atoms with Gasteiger partial charge in [0.15, 0.2) is 17.6 Å². The van der Waals surface area contributed by atoms with Crippen molar-refractivity contribution in [1.29, 1.82) is 5.26 Å². The van der Waals surface area contributed by atoms with E-state index in [1.807, 2.05) is 6.07 Å². The lowest BCUT2D eigenvalue weighted by Gasteiger charge is -2.17. The molecule has 2 aromatic rings. The van der Waals surface area contributed by atoms with Gasteiger partial charge in [0.25, 0.3) is 5.91 Å². The molecule has 1 N–H and O–H groups in total. The maximum Gasteiger partial charge on any atom is 0.265 e. The average molecular weight is 403 g/mol. The van der Waals surface area contributed by atoms with E-state index in [1.54, 1.807) is 31.2 Å².